The Balaban J connectivity index is 6.44. The molecule has 26 nitrogen and oxygen atoms in total. The van der Waals surface area contributed by atoms with E-state index in [0.717, 1.165) is 6.92 Å². The first kappa shape index (κ1) is 61.9. The Bertz CT molecular complexity index is 1800. The first-order valence-corrected chi connectivity index (χ1v) is 22.5. The minimum absolute atomic E-state index is 0.0200. The third-order valence-electron chi connectivity index (χ3n) is 9.79. The monoisotopic (exact) mass is 991 g/mol. The van der Waals surface area contributed by atoms with Gasteiger partial charge in [-0.15, -0.1) is 0 Å². The van der Waals surface area contributed by atoms with Crippen LogP contribution in [0.1, 0.15) is 99.8 Å². The van der Waals surface area contributed by atoms with Crippen LogP contribution in [0, 0.1) is 17.8 Å². The predicted molar refractivity (Wildman–Crippen MR) is 242 cm³/mol. The Hall–Kier alpha value is -6.09. The highest BCUT2D eigenvalue weighted by atomic mass is 32.1. The number of carboxylic acids is 4. The molecule has 8 amide bonds. The van der Waals surface area contributed by atoms with Crippen molar-refractivity contribution in [1.29, 1.82) is 0 Å². The Morgan fingerprint density at radius 1 is 0.471 bits per heavy atom. The molecule has 0 aliphatic rings. The fourth-order valence-electron chi connectivity index (χ4n) is 6.15. The maximum atomic E-state index is 13.8. The van der Waals surface area contributed by atoms with Crippen LogP contribution in [-0.2, 0) is 57.5 Å². The van der Waals surface area contributed by atoms with Crippen LogP contribution in [-0.4, -0.2) is 163 Å². The third-order valence-corrected chi connectivity index (χ3v) is 10.2. The number of nitrogens with one attached hydrogen (secondary N) is 8. The molecule has 0 aliphatic carbocycles. The zero-order valence-electron chi connectivity index (χ0n) is 39.2. The summed E-state index contributed by atoms with van der Waals surface area (Å²) in [5.74, 6) is -14.8. The molecule has 0 aromatic rings. The van der Waals surface area contributed by atoms with E-state index in [9.17, 15) is 83.1 Å². The van der Waals surface area contributed by atoms with Crippen LogP contribution in [0.5, 0.6) is 0 Å². The van der Waals surface area contributed by atoms with Crippen LogP contribution in [0.2, 0.25) is 0 Å². The summed E-state index contributed by atoms with van der Waals surface area (Å²) in [7, 11) is 0. The molecule has 0 aromatic carbocycles. The Morgan fingerprint density at radius 3 is 1.19 bits per heavy atom. The van der Waals surface area contributed by atoms with Crippen molar-refractivity contribution in [2.75, 3.05) is 12.3 Å². The molecule has 0 bridgehead atoms. The van der Waals surface area contributed by atoms with Gasteiger partial charge < -0.3 is 73.8 Å². The second kappa shape index (κ2) is 31.0. The summed E-state index contributed by atoms with van der Waals surface area (Å²) >= 11 is 3.97. The fourth-order valence-corrected chi connectivity index (χ4v) is 6.32. The van der Waals surface area contributed by atoms with Gasteiger partial charge in [0.25, 0.3) is 0 Å². The molecule has 0 unspecified atom stereocenters. The lowest BCUT2D eigenvalue weighted by Gasteiger charge is -2.29. The molecule has 0 aliphatic heterocycles. The van der Waals surface area contributed by atoms with Crippen LogP contribution in [0.15, 0.2) is 0 Å². The van der Waals surface area contributed by atoms with Crippen LogP contribution in [0.4, 0.5) is 0 Å². The molecule has 0 radical (unpaired) electrons. The third kappa shape index (κ3) is 24.6. The molecule has 0 aromatic heterocycles. The van der Waals surface area contributed by atoms with Crippen molar-refractivity contribution in [3.05, 3.63) is 0 Å². The molecule has 27 heteroatoms. The van der Waals surface area contributed by atoms with Gasteiger partial charge in [-0.25, -0.2) is 4.79 Å². The summed E-state index contributed by atoms with van der Waals surface area (Å²) < 4.78 is 0. The van der Waals surface area contributed by atoms with E-state index in [1.54, 1.807) is 27.7 Å². The molecule has 0 spiro atoms. The van der Waals surface area contributed by atoms with E-state index in [2.05, 4.69) is 49.8 Å². The lowest BCUT2D eigenvalue weighted by molar-refractivity contribution is -0.145. The Morgan fingerprint density at radius 2 is 0.824 bits per heavy atom. The maximum Gasteiger partial charge on any atom is 0.328 e. The number of carbonyl (C=O) groups is 12. The average molecular weight is 992 g/mol. The highest BCUT2D eigenvalue weighted by molar-refractivity contribution is 7.80. The van der Waals surface area contributed by atoms with Gasteiger partial charge in [-0.2, -0.15) is 12.6 Å². The van der Waals surface area contributed by atoms with Crippen LogP contribution in [0.25, 0.3) is 0 Å². The molecule has 0 saturated heterocycles. The maximum absolute atomic E-state index is 13.8. The number of amides is 8. The summed E-state index contributed by atoms with van der Waals surface area (Å²) in [4.78, 5) is 152. The normalized spacial score (nSPS) is 15.1. The summed E-state index contributed by atoms with van der Waals surface area (Å²) in [5.41, 5.74) is 5.70. The van der Waals surface area contributed by atoms with E-state index in [1.165, 1.54) is 13.8 Å². The van der Waals surface area contributed by atoms with Crippen LogP contribution >= 0.6 is 12.6 Å². The quantitative estimate of drug-likeness (QED) is 0.0285. The molecular weight excluding hydrogens is 923 g/mol. The lowest BCUT2D eigenvalue weighted by Crippen LogP contribution is -2.61. The second-order valence-electron chi connectivity index (χ2n) is 17.2. The number of aliphatic carboxylic acids is 4. The SMILES string of the molecule is CC(C)C[C@H](NC(=O)[C@@H](NC(=O)[C@H](CCC(=O)O)NC(=O)[C@H](CCC(=O)O)NC(=O)CNC(=O)[C@H](CC(C)C)NC(=O)[C@@H](N)CS)C(C)C)C(=O)N[C@@H](CCC(=O)O)C(=O)N[C@H](C(=O)O)[C@@H](C)O. The van der Waals surface area contributed by atoms with Gasteiger partial charge >= 0.3 is 23.9 Å². The van der Waals surface area contributed by atoms with E-state index in [0.29, 0.717) is 0 Å². The topological polar surface area (TPSA) is 428 Å². The number of thiol groups is 1. The number of carboxylic acid groups (broad SMARTS) is 4. The molecule has 15 N–H and O–H groups in total. The average Bonchev–Trinajstić information content (AvgIpc) is 3.22. The summed E-state index contributed by atoms with van der Waals surface area (Å²) in [5, 5.41) is 65.9. The van der Waals surface area contributed by atoms with Gasteiger partial charge in [0.1, 0.15) is 36.3 Å². The molecule has 0 saturated carbocycles. The number of hydrogen-bond acceptors (Lipinski definition) is 15. The molecule has 0 heterocycles. The smallest absolute Gasteiger partial charge is 0.328 e. The zero-order chi connectivity index (χ0) is 52.6. The number of nitrogens with two attached hydrogens (primary N) is 1. The van der Waals surface area contributed by atoms with E-state index < -0.39 is 177 Å². The van der Waals surface area contributed by atoms with Gasteiger partial charge in [0.05, 0.1) is 18.7 Å². The van der Waals surface area contributed by atoms with Crippen molar-refractivity contribution in [2.45, 2.75) is 154 Å². The van der Waals surface area contributed by atoms with Crippen molar-refractivity contribution in [3.8, 4) is 0 Å². The fraction of sp³-hybridized carbons (Fsp3) is 0.707. The van der Waals surface area contributed by atoms with Gasteiger partial charge in [-0.3, -0.25) is 52.7 Å². The van der Waals surface area contributed by atoms with Crippen LogP contribution < -0.4 is 48.3 Å². The van der Waals surface area contributed by atoms with E-state index >= 15 is 0 Å². The number of carbonyl (C=O) groups excluding carboxylic acids is 8. The van der Waals surface area contributed by atoms with Crippen molar-refractivity contribution < 1.29 is 83.1 Å². The second-order valence-corrected chi connectivity index (χ2v) is 17.6. The van der Waals surface area contributed by atoms with Crippen molar-refractivity contribution in [1.82, 2.24) is 42.5 Å². The minimum Gasteiger partial charge on any atom is -0.481 e. The summed E-state index contributed by atoms with van der Waals surface area (Å²) in [6, 6.07) is -12.0. The van der Waals surface area contributed by atoms with Gasteiger partial charge in [0.2, 0.25) is 47.3 Å². The molecule has 386 valence electrons. The molecular formula is C41H69N9O17S. The number of aliphatic hydroxyl groups excluding tert-OH is 1. The summed E-state index contributed by atoms with van der Waals surface area (Å²) in [6.45, 7) is 10.2. The highest BCUT2D eigenvalue weighted by Gasteiger charge is 2.36. The number of aliphatic hydroxyl groups is 1. The molecule has 9 atom stereocenters. The Labute approximate surface area is 398 Å². The van der Waals surface area contributed by atoms with E-state index in [4.69, 9.17) is 5.73 Å². The predicted octanol–water partition coefficient (Wildman–Crippen LogP) is -3.44. The summed E-state index contributed by atoms with van der Waals surface area (Å²) in [6.07, 6.45) is -5.23. The highest BCUT2D eigenvalue weighted by Crippen LogP contribution is 2.12. The van der Waals surface area contributed by atoms with Gasteiger partial charge in [-0.05, 0) is 56.8 Å². The van der Waals surface area contributed by atoms with Gasteiger partial charge in [0, 0.05) is 25.0 Å². The van der Waals surface area contributed by atoms with Crippen molar-refractivity contribution in [2.24, 2.45) is 23.5 Å². The first-order valence-electron chi connectivity index (χ1n) is 21.8. The van der Waals surface area contributed by atoms with Crippen LogP contribution in [0.3, 0.4) is 0 Å². The number of rotatable bonds is 33. The molecule has 0 fully saturated rings. The zero-order valence-corrected chi connectivity index (χ0v) is 40.1. The number of hydrogen-bond donors (Lipinski definition) is 15. The molecule has 0 rings (SSSR count). The lowest BCUT2D eigenvalue weighted by atomic mass is 9.98. The largest absolute Gasteiger partial charge is 0.481 e. The van der Waals surface area contributed by atoms with Gasteiger partial charge in [-0.1, -0.05) is 41.5 Å². The van der Waals surface area contributed by atoms with Crippen molar-refractivity contribution in [3.63, 3.8) is 0 Å². The van der Waals surface area contributed by atoms with E-state index in [-0.39, 0.29) is 30.4 Å². The first-order chi connectivity index (χ1) is 31.5. The van der Waals surface area contributed by atoms with Crippen molar-refractivity contribution >= 4 is 83.8 Å². The van der Waals surface area contributed by atoms with E-state index in [1.807, 2.05) is 5.32 Å². The Kier molecular flexibility index (Phi) is 28.3. The standard InChI is InChI=1S/C41H69N9O17S/c1-18(2)14-26(47-34(59)22(42)17-68)35(60)43-16-28(52)44-23(8-11-29(53)54)36(61)45-24(9-12-30(55)56)37(62)49-32(20(5)6)40(65)48-27(15-19(3)4)39(64)46-25(10-13-31(57)58)38(63)50-33(21(7)51)41(66)67/h18-27,32-33,51,68H,8-17,42H2,1-7H3,(H,43,60)(H,44,52)(H,45,61)(H,46,64)(H,47,59)(H,48,65)(H,49,62)(H,50,63)(H,53,54)(H,55,56)(H,57,58)(H,66,67)/t21-,22+,23+,24+,25+,26+,27+,32+,33+/m1/s1. The van der Waals surface area contributed by atoms with Gasteiger partial charge in [0.15, 0.2) is 6.04 Å². The molecule has 68 heavy (non-hydrogen) atoms. The minimum atomic E-state index is -1.83.